The highest BCUT2D eigenvalue weighted by Crippen LogP contribution is 2.27. The number of carbonyl (C=O) groups excluding carboxylic acids is 1. The molecule has 0 spiro atoms. The molecule has 0 saturated carbocycles. The molecule has 1 atom stereocenters. The molecule has 0 unspecified atom stereocenters. The third kappa shape index (κ3) is 3.27. The van der Waals surface area contributed by atoms with Gasteiger partial charge in [0.15, 0.2) is 0 Å². The van der Waals surface area contributed by atoms with Gasteiger partial charge in [0.25, 0.3) is 5.91 Å². The van der Waals surface area contributed by atoms with E-state index in [4.69, 9.17) is 0 Å². The second-order valence-corrected chi connectivity index (χ2v) is 5.22. The van der Waals surface area contributed by atoms with Crippen LogP contribution < -0.4 is 0 Å². The molecule has 2 aromatic heterocycles. The number of halogens is 1. The smallest absolute Gasteiger partial charge is 0.274 e. The van der Waals surface area contributed by atoms with Crippen LogP contribution in [0.3, 0.4) is 0 Å². The lowest BCUT2D eigenvalue weighted by Gasteiger charge is -2.28. The SMILES string of the molecule is CN(C(=O)c1cnccn1)[C@H](c1cccc(F)c1)c1ccccn1. The van der Waals surface area contributed by atoms with E-state index in [0.29, 0.717) is 11.3 Å². The molecule has 1 amide bonds. The third-order valence-corrected chi connectivity index (χ3v) is 3.62. The van der Waals surface area contributed by atoms with E-state index in [1.807, 2.05) is 6.07 Å². The standard InChI is InChI=1S/C18H15FN4O/c1-23(18(24)16-12-20-9-10-22-16)17(15-7-2-3-8-21-15)13-5-4-6-14(19)11-13/h2-12,17H,1H3/t17-/m1/s1. The molecule has 0 bridgehead atoms. The van der Waals surface area contributed by atoms with Crippen molar-refractivity contribution < 1.29 is 9.18 Å². The first-order valence-electron chi connectivity index (χ1n) is 7.36. The Labute approximate surface area is 138 Å². The molecule has 6 heteroatoms. The second kappa shape index (κ2) is 6.95. The predicted octanol–water partition coefficient (Wildman–Crippen LogP) is 2.87. The largest absolute Gasteiger partial charge is 0.328 e. The fraction of sp³-hybridized carbons (Fsp3) is 0.111. The Kier molecular flexibility index (Phi) is 4.56. The molecule has 5 nitrogen and oxygen atoms in total. The van der Waals surface area contributed by atoms with Gasteiger partial charge in [-0.2, -0.15) is 0 Å². The number of aromatic nitrogens is 3. The number of rotatable bonds is 4. The first kappa shape index (κ1) is 15.7. The van der Waals surface area contributed by atoms with Crippen LogP contribution >= 0.6 is 0 Å². The van der Waals surface area contributed by atoms with Gasteiger partial charge in [0.1, 0.15) is 11.5 Å². The molecule has 3 rings (SSSR count). The summed E-state index contributed by atoms with van der Waals surface area (Å²) in [5.41, 5.74) is 1.49. The van der Waals surface area contributed by atoms with E-state index in [-0.39, 0.29) is 17.4 Å². The van der Waals surface area contributed by atoms with E-state index in [1.165, 1.54) is 35.6 Å². The van der Waals surface area contributed by atoms with Crippen LogP contribution in [0.15, 0.2) is 67.3 Å². The molecular formula is C18H15FN4O. The topological polar surface area (TPSA) is 59.0 Å². The van der Waals surface area contributed by atoms with Crippen LogP contribution in [0.2, 0.25) is 0 Å². The number of carbonyl (C=O) groups is 1. The summed E-state index contributed by atoms with van der Waals surface area (Å²) in [6.45, 7) is 0. The van der Waals surface area contributed by atoms with Crippen LogP contribution in [0.25, 0.3) is 0 Å². The van der Waals surface area contributed by atoms with Gasteiger partial charge in [-0.15, -0.1) is 0 Å². The Morgan fingerprint density at radius 1 is 1.08 bits per heavy atom. The Morgan fingerprint density at radius 3 is 2.62 bits per heavy atom. The summed E-state index contributed by atoms with van der Waals surface area (Å²) in [6.07, 6.45) is 6.00. The fourth-order valence-electron chi connectivity index (χ4n) is 2.51. The molecule has 2 heterocycles. The molecule has 3 aromatic rings. The van der Waals surface area contributed by atoms with Crippen molar-refractivity contribution in [2.24, 2.45) is 0 Å². The lowest BCUT2D eigenvalue weighted by Crippen LogP contribution is -2.33. The summed E-state index contributed by atoms with van der Waals surface area (Å²) < 4.78 is 13.7. The van der Waals surface area contributed by atoms with E-state index in [2.05, 4.69) is 15.0 Å². The normalized spacial score (nSPS) is 11.8. The highest BCUT2D eigenvalue weighted by atomic mass is 19.1. The van der Waals surface area contributed by atoms with Gasteiger partial charge in [0.05, 0.1) is 17.9 Å². The monoisotopic (exact) mass is 322 g/mol. The van der Waals surface area contributed by atoms with Gasteiger partial charge in [-0.3, -0.25) is 14.8 Å². The summed E-state index contributed by atoms with van der Waals surface area (Å²) >= 11 is 0. The third-order valence-electron chi connectivity index (χ3n) is 3.62. The van der Waals surface area contributed by atoms with Crippen LogP contribution in [-0.2, 0) is 0 Å². The van der Waals surface area contributed by atoms with Crippen LogP contribution in [0.1, 0.15) is 27.8 Å². The molecule has 0 N–H and O–H groups in total. The average Bonchev–Trinajstić information content (AvgIpc) is 2.63. The van der Waals surface area contributed by atoms with Crippen molar-refractivity contribution in [1.29, 1.82) is 0 Å². The molecule has 0 saturated heterocycles. The molecule has 0 fully saturated rings. The summed E-state index contributed by atoms with van der Waals surface area (Å²) in [5.74, 6) is -0.684. The van der Waals surface area contributed by atoms with Crippen molar-refractivity contribution in [3.05, 3.63) is 90.0 Å². The maximum absolute atomic E-state index is 13.7. The highest BCUT2D eigenvalue weighted by Gasteiger charge is 2.26. The average molecular weight is 322 g/mol. The van der Waals surface area contributed by atoms with Gasteiger partial charge in [-0.05, 0) is 29.8 Å². The van der Waals surface area contributed by atoms with Crippen molar-refractivity contribution in [2.75, 3.05) is 7.05 Å². The van der Waals surface area contributed by atoms with Crippen molar-refractivity contribution in [1.82, 2.24) is 19.9 Å². The van der Waals surface area contributed by atoms with Crippen LogP contribution in [0.4, 0.5) is 4.39 Å². The first-order valence-corrected chi connectivity index (χ1v) is 7.36. The minimum Gasteiger partial charge on any atom is -0.328 e. The maximum Gasteiger partial charge on any atom is 0.274 e. The van der Waals surface area contributed by atoms with E-state index < -0.39 is 6.04 Å². The molecule has 120 valence electrons. The van der Waals surface area contributed by atoms with Crippen molar-refractivity contribution in [2.45, 2.75) is 6.04 Å². The Bertz CT molecular complexity index is 827. The Morgan fingerprint density at radius 2 is 1.96 bits per heavy atom. The fourth-order valence-corrected chi connectivity index (χ4v) is 2.51. The highest BCUT2D eigenvalue weighted by molar-refractivity contribution is 5.92. The summed E-state index contributed by atoms with van der Waals surface area (Å²) in [5, 5.41) is 0. The lowest BCUT2D eigenvalue weighted by molar-refractivity contribution is 0.0746. The quantitative estimate of drug-likeness (QED) is 0.741. The van der Waals surface area contributed by atoms with Gasteiger partial charge in [0.2, 0.25) is 0 Å². The minimum atomic E-state index is -0.531. The van der Waals surface area contributed by atoms with Gasteiger partial charge in [-0.1, -0.05) is 18.2 Å². The minimum absolute atomic E-state index is 0.220. The summed E-state index contributed by atoms with van der Waals surface area (Å²) in [7, 11) is 1.64. The number of pyridine rings is 1. The molecule has 0 radical (unpaired) electrons. The zero-order valence-electron chi connectivity index (χ0n) is 13.0. The molecule has 1 aromatic carbocycles. The predicted molar refractivity (Wildman–Crippen MR) is 86.6 cm³/mol. The van der Waals surface area contributed by atoms with E-state index >= 15 is 0 Å². The number of hydrogen-bond acceptors (Lipinski definition) is 4. The summed E-state index contributed by atoms with van der Waals surface area (Å²) in [6, 6.07) is 11.0. The first-order chi connectivity index (χ1) is 11.7. The van der Waals surface area contributed by atoms with Gasteiger partial charge < -0.3 is 4.90 Å². The van der Waals surface area contributed by atoms with Crippen LogP contribution in [0.5, 0.6) is 0 Å². The molecular weight excluding hydrogens is 307 g/mol. The van der Waals surface area contributed by atoms with Gasteiger partial charge in [-0.25, -0.2) is 9.37 Å². The molecule has 0 aliphatic heterocycles. The lowest BCUT2D eigenvalue weighted by atomic mass is 10.0. The van der Waals surface area contributed by atoms with Gasteiger partial charge in [0, 0.05) is 25.6 Å². The Hall–Kier alpha value is -3.15. The van der Waals surface area contributed by atoms with Crippen LogP contribution in [0, 0.1) is 5.82 Å². The zero-order chi connectivity index (χ0) is 16.9. The van der Waals surface area contributed by atoms with E-state index in [9.17, 15) is 9.18 Å². The number of nitrogens with zero attached hydrogens (tertiary/aromatic N) is 4. The van der Waals surface area contributed by atoms with Gasteiger partial charge >= 0.3 is 0 Å². The molecule has 0 aliphatic carbocycles. The number of benzene rings is 1. The Balaban J connectivity index is 2.03. The molecule has 0 aliphatic rings. The number of hydrogen-bond donors (Lipinski definition) is 0. The second-order valence-electron chi connectivity index (χ2n) is 5.22. The molecule has 24 heavy (non-hydrogen) atoms. The summed E-state index contributed by atoms with van der Waals surface area (Å²) in [4.78, 5) is 26.5. The van der Waals surface area contributed by atoms with E-state index in [0.717, 1.165) is 0 Å². The van der Waals surface area contributed by atoms with Crippen LogP contribution in [-0.4, -0.2) is 32.8 Å². The maximum atomic E-state index is 13.7. The van der Waals surface area contributed by atoms with E-state index in [1.54, 1.807) is 37.5 Å². The number of amides is 1. The van der Waals surface area contributed by atoms with Crippen molar-refractivity contribution >= 4 is 5.91 Å². The van der Waals surface area contributed by atoms with Crippen molar-refractivity contribution in [3.8, 4) is 0 Å². The zero-order valence-corrected chi connectivity index (χ0v) is 13.0. The van der Waals surface area contributed by atoms with Crippen molar-refractivity contribution in [3.63, 3.8) is 0 Å².